The number of hydrogen-bond acceptors (Lipinski definition) is 3. The Kier molecular flexibility index (Phi) is 6.39. The molecule has 170 valence electrons. The zero-order valence-corrected chi connectivity index (χ0v) is 19.0. The van der Waals surface area contributed by atoms with Crippen molar-refractivity contribution in [1.29, 1.82) is 0 Å². The number of carbonyl (C=O) groups excluding carboxylic acids is 1. The van der Waals surface area contributed by atoms with Gasteiger partial charge in [-0.25, -0.2) is 0 Å². The molecule has 4 nitrogen and oxygen atoms in total. The van der Waals surface area contributed by atoms with E-state index in [2.05, 4.69) is 39.9 Å². The number of methoxy groups -OCH3 is 1. The third kappa shape index (κ3) is 4.66. The molecule has 1 N–H and O–H groups in total. The smallest absolute Gasteiger partial charge is 0.416 e. The predicted octanol–water partition coefficient (Wildman–Crippen LogP) is 6.69. The van der Waals surface area contributed by atoms with Gasteiger partial charge >= 0.3 is 6.18 Å². The van der Waals surface area contributed by atoms with Crippen LogP contribution in [0.2, 0.25) is 0 Å². The highest BCUT2D eigenvalue weighted by molar-refractivity contribution is 6.02. The van der Waals surface area contributed by atoms with Crippen molar-refractivity contribution in [3.63, 3.8) is 0 Å². The van der Waals surface area contributed by atoms with Crippen molar-refractivity contribution < 1.29 is 27.1 Å². The van der Waals surface area contributed by atoms with Gasteiger partial charge in [0, 0.05) is 18.2 Å². The number of anilines is 1. The summed E-state index contributed by atoms with van der Waals surface area (Å²) in [5.74, 6) is -0.0217. The number of rotatable bonds is 5. The maximum absolute atomic E-state index is 13.1. The average molecular weight is 445 g/mol. The minimum atomic E-state index is -4.56. The molecule has 0 aliphatic carbocycles. The van der Waals surface area contributed by atoms with E-state index in [0.29, 0.717) is 12.2 Å². The fourth-order valence-corrected chi connectivity index (χ4v) is 3.76. The van der Waals surface area contributed by atoms with Gasteiger partial charge in [-0.05, 0) is 92.3 Å². The van der Waals surface area contributed by atoms with Crippen molar-refractivity contribution in [3.8, 4) is 5.75 Å². The third-order valence-electron chi connectivity index (χ3n) is 6.12. The second-order valence-electron chi connectivity index (χ2n) is 7.95. The highest BCUT2D eigenvalue weighted by Gasteiger charge is 2.31. The first-order chi connectivity index (χ1) is 14.9. The molecule has 32 heavy (non-hydrogen) atoms. The molecule has 1 heterocycles. The Balaban J connectivity index is 1.84. The molecular weight excluding hydrogens is 419 g/mol. The van der Waals surface area contributed by atoms with Gasteiger partial charge in [-0.1, -0.05) is 0 Å². The zero-order chi connectivity index (χ0) is 23.8. The number of amides is 1. The van der Waals surface area contributed by atoms with Crippen molar-refractivity contribution >= 4 is 11.6 Å². The van der Waals surface area contributed by atoms with E-state index in [4.69, 9.17) is 9.15 Å². The molecule has 0 atom stereocenters. The lowest BCUT2D eigenvalue weighted by atomic mass is 9.88. The third-order valence-corrected chi connectivity index (χ3v) is 6.12. The number of carbonyl (C=O) groups is 1. The molecule has 3 aromatic rings. The van der Waals surface area contributed by atoms with Gasteiger partial charge in [-0.3, -0.25) is 4.79 Å². The second kappa shape index (κ2) is 8.73. The molecule has 0 unspecified atom stereocenters. The van der Waals surface area contributed by atoms with Crippen LogP contribution in [0.1, 0.15) is 55.3 Å². The molecule has 0 spiro atoms. The number of benzene rings is 2. The van der Waals surface area contributed by atoms with Gasteiger partial charge in [0.2, 0.25) is 0 Å². The number of ether oxygens (including phenoxy) is 1. The summed E-state index contributed by atoms with van der Waals surface area (Å²) >= 11 is 0. The van der Waals surface area contributed by atoms with Crippen LogP contribution in [0.4, 0.5) is 18.9 Å². The van der Waals surface area contributed by atoms with Gasteiger partial charge < -0.3 is 14.5 Å². The average Bonchev–Trinajstić information content (AvgIpc) is 3.22. The number of nitrogens with one attached hydrogen (secondary N) is 1. The highest BCUT2D eigenvalue weighted by atomic mass is 19.4. The summed E-state index contributed by atoms with van der Waals surface area (Å²) in [6.07, 6.45) is -4.05. The van der Waals surface area contributed by atoms with Gasteiger partial charge in [0.15, 0.2) is 5.76 Å². The Labute approximate surface area is 185 Å². The van der Waals surface area contributed by atoms with Crippen molar-refractivity contribution in [2.24, 2.45) is 0 Å². The van der Waals surface area contributed by atoms with E-state index < -0.39 is 17.6 Å². The summed E-state index contributed by atoms with van der Waals surface area (Å²) in [5.41, 5.74) is 6.29. The zero-order valence-electron chi connectivity index (χ0n) is 19.0. The fraction of sp³-hybridized carbons (Fsp3) is 0.320. The van der Waals surface area contributed by atoms with Crippen LogP contribution in [-0.4, -0.2) is 13.0 Å². The molecule has 1 amide bonds. The minimum absolute atomic E-state index is 0.00804. The molecule has 0 aliphatic rings. The largest absolute Gasteiger partial charge is 0.497 e. The quantitative estimate of drug-likeness (QED) is 0.476. The van der Waals surface area contributed by atoms with Gasteiger partial charge in [-0.15, -0.1) is 0 Å². The monoisotopic (exact) mass is 445 g/mol. The van der Waals surface area contributed by atoms with Crippen LogP contribution < -0.4 is 10.1 Å². The van der Waals surface area contributed by atoms with Crippen LogP contribution in [0, 0.1) is 34.6 Å². The standard InChI is InChI=1S/C25H26F3NO3/c1-13-14(2)16(4)22(17(5)15(13)3)12-20-7-8-23(32-20)24(30)29-19-9-18(25(26,27)28)10-21(11-19)31-6/h7-11H,12H2,1-6H3,(H,29,30). The predicted molar refractivity (Wildman–Crippen MR) is 118 cm³/mol. The number of halogens is 3. The summed E-state index contributed by atoms with van der Waals surface area (Å²) in [7, 11) is 1.26. The number of alkyl halides is 3. The Morgan fingerprint density at radius 3 is 2.09 bits per heavy atom. The first-order valence-electron chi connectivity index (χ1n) is 10.1. The molecule has 0 saturated carbocycles. The molecule has 0 fully saturated rings. The van der Waals surface area contributed by atoms with Crippen molar-refractivity contribution in [2.45, 2.75) is 47.2 Å². The van der Waals surface area contributed by atoms with Crippen LogP contribution in [0.15, 0.2) is 34.7 Å². The van der Waals surface area contributed by atoms with E-state index in [-0.39, 0.29) is 17.2 Å². The van der Waals surface area contributed by atoms with E-state index in [0.717, 1.165) is 17.7 Å². The van der Waals surface area contributed by atoms with E-state index in [1.165, 1.54) is 47.1 Å². The Hall–Kier alpha value is -3.22. The van der Waals surface area contributed by atoms with E-state index >= 15 is 0 Å². The van der Waals surface area contributed by atoms with Gasteiger partial charge in [0.05, 0.1) is 12.7 Å². The lowest BCUT2D eigenvalue weighted by Crippen LogP contribution is -2.13. The molecule has 0 saturated heterocycles. The van der Waals surface area contributed by atoms with E-state index in [1.54, 1.807) is 6.07 Å². The van der Waals surface area contributed by atoms with Crippen molar-refractivity contribution in [2.75, 3.05) is 12.4 Å². The topological polar surface area (TPSA) is 51.5 Å². The summed E-state index contributed by atoms with van der Waals surface area (Å²) in [6.45, 7) is 10.4. The summed E-state index contributed by atoms with van der Waals surface area (Å²) < 4.78 is 50.0. The molecule has 0 aliphatic heterocycles. The van der Waals surface area contributed by atoms with Crippen LogP contribution in [0.3, 0.4) is 0 Å². The molecular formula is C25H26F3NO3. The lowest BCUT2D eigenvalue weighted by Gasteiger charge is -2.18. The fourth-order valence-electron chi connectivity index (χ4n) is 3.76. The summed E-state index contributed by atoms with van der Waals surface area (Å²) in [4.78, 5) is 12.6. The normalized spacial score (nSPS) is 11.5. The van der Waals surface area contributed by atoms with Crippen LogP contribution in [-0.2, 0) is 12.6 Å². The number of furan rings is 1. The molecule has 0 radical (unpaired) electrons. The molecule has 2 aromatic carbocycles. The first-order valence-corrected chi connectivity index (χ1v) is 10.1. The molecule has 0 bridgehead atoms. The number of hydrogen-bond donors (Lipinski definition) is 1. The maximum atomic E-state index is 13.1. The maximum Gasteiger partial charge on any atom is 0.416 e. The van der Waals surface area contributed by atoms with Crippen LogP contribution in [0.5, 0.6) is 5.75 Å². The Bertz CT molecular complexity index is 1150. The van der Waals surface area contributed by atoms with E-state index in [1.807, 2.05) is 0 Å². The first kappa shape index (κ1) is 23.4. The van der Waals surface area contributed by atoms with Gasteiger partial charge in [-0.2, -0.15) is 13.2 Å². The van der Waals surface area contributed by atoms with Crippen LogP contribution in [0.25, 0.3) is 0 Å². The van der Waals surface area contributed by atoms with Crippen molar-refractivity contribution in [3.05, 3.63) is 80.8 Å². The summed E-state index contributed by atoms with van der Waals surface area (Å²) in [5, 5.41) is 2.46. The van der Waals surface area contributed by atoms with E-state index in [9.17, 15) is 18.0 Å². The summed E-state index contributed by atoms with van der Waals surface area (Å²) in [6, 6.07) is 6.28. The second-order valence-corrected chi connectivity index (χ2v) is 7.95. The highest BCUT2D eigenvalue weighted by Crippen LogP contribution is 2.34. The Morgan fingerprint density at radius 1 is 0.938 bits per heavy atom. The Morgan fingerprint density at radius 2 is 1.53 bits per heavy atom. The molecule has 7 heteroatoms. The van der Waals surface area contributed by atoms with Gasteiger partial charge in [0.1, 0.15) is 11.5 Å². The molecule has 3 rings (SSSR count). The van der Waals surface area contributed by atoms with Crippen LogP contribution >= 0.6 is 0 Å². The van der Waals surface area contributed by atoms with Crippen molar-refractivity contribution in [1.82, 2.24) is 0 Å². The van der Waals surface area contributed by atoms with Gasteiger partial charge in [0.25, 0.3) is 5.91 Å². The minimum Gasteiger partial charge on any atom is -0.497 e. The lowest BCUT2D eigenvalue weighted by molar-refractivity contribution is -0.137. The SMILES string of the molecule is COc1cc(NC(=O)c2ccc(Cc3c(C)c(C)c(C)c(C)c3C)o2)cc(C(F)(F)F)c1. The molecule has 1 aromatic heterocycles.